The van der Waals surface area contributed by atoms with Crippen molar-refractivity contribution in [2.45, 2.75) is 19.8 Å². The molecule has 0 saturated carbocycles. The van der Waals surface area contributed by atoms with E-state index in [0.29, 0.717) is 38.1 Å². The van der Waals surface area contributed by atoms with Gasteiger partial charge in [-0.25, -0.2) is 9.78 Å². The predicted octanol–water partition coefficient (Wildman–Crippen LogP) is 6.15. The van der Waals surface area contributed by atoms with Crippen molar-refractivity contribution in [3.63, 3.8) is 0 Å². The number of benzene rings is 3. The van der Waals surface area contributed by atoms with Gasteiger partial charge in [-0.3, -0.25) is 4.79 Å². The van der Waals surface area contributed by atoms with Crippen molar-refractivity contribution in [2.75, 3.05) is 0 Å². The molecule has 6 nitrogen and oxygen atoms in total. The molecule has 0 amide bonds. The molecule has 1 aromatic heterocycles. The summed E-state index contributed by atoms with van der Waals surface area (Å²) in [4.78, 5) is 30.5. The maximum atomic E-state index is 13.2. The predicted molar refractivity (Wildman–Crippen MR) is 136 cm³/mol. The number of carbonyl (C=O) groups is 1. The highest BCUT2D eigenvalue weighted by molar-refractivity contribution is 9.11. The largest absolute Gasteiger partial charge is 0.421 e. The summed E-state index contributed by atoms with van der Waals surface area (Å²) in [5, 5.41) is 4.93. The second kappa shape index (κ2) is 9.80. The van der Waals surface area contributed by atoms with Crippen molar-refractivity contribution in [1.82, 2.24) is 9.66 Å². The molecular formula is C25H19Br2N3O3. The maximum Gasteiger partial charge on any atom is 0.343 e. The lowest BCUT2D eigenvalue weighted by Crippen LogP contribution is -2.23. The number of hydrogen-bond donors (Lipinski definition) is 0. The van der Waals surface area contributed by atoms with E-state index >= 15 is 0 Å². The van der Waals surface area contributed by atoms with Crippen molar-refractivity contribution in [1.29, 1.82) is 0 Å². The number of aromatic nitrogens is 2. The minimum atomic E-state index is -0.499. The summed E-state index contributed by atoms with van der Waals surface area (Å²) in [5.41, 5.74) is 1.29. The quantitative estimate of drug-likeness (QED) is 0.164. The van der Waals surface area contributed by atoms with Gasteiger partial charge in [-0.2, -0.15) is 9.78 Å². The lowest BCUT2D eigenvalue weighted by Gasteiger charge is -2.13. The van der Waals surface area contributed by atoms with E-state index in [9.17, 15) is 9.59 Å². The highest BCUT2D eigenvalue weighted by atomic mass is 79.9. The molecule has 4 rings (SSSR count). The molecule has 8 heteroatoms. The zero-order valence-electron chi connectivity index (χ0n) is 17.8. The molecule has 0 aliphatic carbocycles. The van der Waals surface area contributed by atoms with Crippen LogP contribution in [0, 0.1) is 0 Å². The summed E-state index contributed by atoms with van der Waals surface area (Å²) in [6, 6.07) is 19.4. The normalized spacial score (nSPS) is 11.4. The van der Waals surface area contributed by atoms with Crippen molar-refractivity contribution < 1.29 is 9.53 Å². The minimum absolute atomic E-state index is 0.0379. The fourth-order valence-corrected chi connectivity index (χ4v) is 4.59. The van der Waals surface area contributed by atoms with Crippen LogP contribution in [0.1, 0.15) is 41.5 Å². The average Bonchev–Trinajstić information content (AvgIpc) is 2.80. The smallest absolute Gasteiger partial charge is 0.343 e. The molecular weight excluding hydrogens is 550 g/mol. The van der Waals surface area contributed by atoms with Crippen LogP contribution in [-0.4, -0.2) is 21.8 Å². The number of rotatable bonds is 5. The molecule has 0 N–H and O–H groups in total. The standard InChI is InChI=1S/C25H19Br2N3O3/c1-15(2)23-29-21-11-7-6-10-19(21)24(31)30(23)28-14-17-12-18(26)13-20(27)22(17)33-25(32)16-8-4-3-5-9-16/h3-15H,1-2H3. The molecule has 0 spiro atoms. The van der Waals surface area contributed by atoms with Gasteiger partial charge in [0.1, 0.15) is 5.82 Å². The Morgan fingerprint density at radius 2 is 1.76 bits per heavy atom. The third-order valence-corrected chi connectivity index (χ3v) is 5.90. The first-order valence-electron chi connectivity index (χ1n) is 10.2. The summed E-state index contributed by atoms with van der Waals surface area (Å²) < 4.78 is 8.30. The van der Waals surface area contributed by atoms with Crippen LogP contribution in [0.5, 0.6) is 5.75 Å². The third kappa shape index (κ3) is 4.96. The maximum absolute atomic E-state index is 13.2. The Bertz CT molecular complexity index is 1430. The Morgan fingerprint density at radius 1 is 1.06 bits per heavy atom. The molecule has 0 saturated heterocycles. The fraction of sp³-hybridized carbons (Fsp3) is 0.120. The van der Waals surface area contributed by atoms with Crippen LogP contribution in [0.25, 0.3) is 10.9 Å². The number of ether oxygens (including phenoxy) is 1. The first-order chi connectivity index (χ1) is 15.8. The molecule has 0 unspecified atom stereocenters. The third-order valence-electron chi connectivity index (χ3n) is 4.85. The Hall–Kier alpha value is -3.10. The number of fused-ring (bicyclic) bond motifs is 1. The van der Waals surface area contributed by atoms with E-state index in [1.165, 1.54) is 10.9 Å². The van der Waals surface area contributed by atoms with Gasteiger partial charge in [-0.05, 0) is 52.3 Å². The van der Waals surface area contributed by atoms with Crippen LogP contribution >= 0.6 is 31.9 Å². The Balaban J connectivity index is 1.80. The van der Waals surface area contributed by atoms with Gasteiger partial charge in [-0.15, -0.1) is 0 Å². The number of para-hydroxylation sites is 1. The zero-order valence-corrected chi connectivity index (χ0v) is 21.0. The summed E-state index contributed by atoms with van der Waals surface area (Å²) >= 11 is 6.92. The second-order valence-corrected chi connectivity index (χ2v) is 9.33. The first-order valence-corrected chi connectivity index (χ1v) is 11.8. The molecule has 3 aromatic carbocycles. The van der Waals surface area contributed by atoms with Crippen molar-refractivity contribution in [3.05, 3.63) is 103 Å². The van der Waals surface area contributed by atoms with Crippen LogP contribution < -0.4 is 10.3 Å². The molecule has 0 aliphatic heterocycles. The van der Waals surface area contributed by atoms with Crippen LogP contribution in [0.3, 0.4) is 0 Å². The number of halogens is 2. The van der Waals surface area contributed by atoms with E-state index in [1.54, 1.807) is 48.5 Å². The van der Waals surface area contributed by atoms with E-state index in [0.717, 1.165) is 4.47 Å². The Morgan fingerprint density at radius 3 is 2.48 bits per heavy atom. The molecule has 0 bridgehead atoms. The Kier molecular flexibility index (Phi) is 6.85. The molecule has 1 heterocycles. The number of esters is 1. The van der Waals surface area contributed by atoms with Gasteiger partial charge in [0.2, 0.25) is 0 Å². The Labute approximate surface area is 207 Å². The lowest BCUT2D eigenvalue weighted by molar-refractivity contribution is 0.0733. The highest BCUT2D eigenvalue weighted by Crippen LogP contribution is 2.33. The summed E-state index contributed by atoms with van der Waals surface area (Å²) in [6.45, 7) is 3.90. The molecule has 0 aliphatic rings. The van der Waals surface area contributed by atoms with Gasteiger partial charge in [0.05, 0.1) is 27.2 Å². The second-order valence-electron chi connectivity index (χ2n) is 7.56. The molecule has 33 heavy (non-hydrogen) atoms. The zero-order chi connectivity index (χ0) is 23.5. The van der Waals surface area contributed by atoms with Gasteiger partial charge in [0, 0.05) is 16.0 Å². The SMILES string of the molecule is CC(C)c1nc2ccccc2c(=O)n1N=Cc1cc(Br)cc(Br)c1OC(=O)c1ccccc1. The van der Waals surface area contributed by atoms with Crippen LogP contribution in [0.2, 0.25) is 0 Å². The van der Waals surface area contributed by atoms with E-state index in [4.69, 9.17) is 4.74 Å². The van der Waals surface area contributed by atoms with Gasteiger partial charge in [0.25, 0.3) is 5.56 Å². The van der Waals surface area contributed by atoms with Crippen molar-refractivity contribution in [2.24, 2.45) is 5.10 Å². The van der Waals surface area contributed by atoms with E-state index < -0.39 is 5.97 Å². The van der Waals surface area contributed by atoms with Gasteiger partial charge in [0.15, 0.2) is 5.75 Å². The van der Waals surface area contributed by atoms with Crippen LogP contribution in [0.15, 0.2) is 85.6 Å². The summed E-state index contributed by atoms with van der Waals surface area (Å²) in [7, 11) is 0. The van der Waals surface area contributed by atoms with E-state index in [-0.39, 0.29) is 11.5 Å². The summed E-state index contributed by atoms with van der Waals surface area (Å²) in [6.07, 6.45) is 1.49. The van der Waals surface area contributed by atoms with Crippen molar-refractivity contribution >= 4 is 54.9 Å². The van der Waals surface area contributed by atoms with Gasteiger partial charge in [-0.1, -0.05) is 60.1 Å². The van der Waals surface area contributed by atoms with Crippen molar-refractivity contribution in [3.8, 4) is 5.75 Å². The number of nitrogens with zero attached hydrogens (tertiary/aromatic N) is 3. The van der Waals surface area contributed by atoms with E-state index in [2.05, 4.69) is 41.9 Å². The molecule has 166 valence electrons. The van der Waals surface area contributed by atoms with E-state index in [1.807, 2.05) is 32.0 Å². The molecule has 0 atom stereocenters. The van der Waals surface area contributed by atoms with Gasteiger partial charge >= 0.3 is 5.97 Å². The molecule has 0 fully saturated rings. The molecule has 0 radical (unpaired) electrons. The molecule has 4 aromatic rings. The highest BCUT2D eigenvalue weighted by Gasteiger charge is 2.17. The minimum Gasteiger partial charge on any atom is -0.421 e. The topological polar surface area (TPSA) is 73.6 Å². The number of hydrogen-bond acceptors (Lipinski definition) is 5. The van der Waals surface area contributed by atoms with Crippen LogP contribution in [0.4, 0.5) is 0 Å². The first kappa shape index (κ1) is 23.1. The fourth-order valence-electron chi connectivity index (χ4n) is 3.26. The van der Waals surface area contributed by atoms with Gasteiger partial charge < -0.3 is 4.74 Å². The lowest BCUT2D eigenvalue weighted by atomic mass is 10.2. The summed E-state index contributed by atoms with van der Waals surface area (Å²) in [5.74, 6) is 0.292. The monoisotopic (exact) mass is 567 g/mol. The number of carbonyl (C=O) groups excluding carboxylic acids is 1. The average molecular weight is 569 g/mol. The van der Waals surface area contributed by atoms with Crippen LogP contribution in [-0.2, 0) is 0 Å².